The molecule has 0 bridgehead atoms. The second-order valence-corrected chi connectivity index (χ2v) is 8.04. The summed E-state index contributed by atoms with van der Waals surface area (Å²) >= 11 is 0. The monoisotopic (exact) mass is 328 g/mol. The molecule has 0 saturated carbocycles. The fraction of sp³-hybridized carbons (Fsp3) is 0.533. The van der Waals surface area contributed by atoms with Crippen molar-refractivity contribution in [2.45, 2.75) is 19.0 Å². The number of amides is 1. The Morgan fingerprint density at radius 3 is 2.59 bits per heavy atom. The normalized spacial score (nSPS) is 20.3. The van der Waals surface area contributed by atoms with Crippen molar-refractivity contribution in [3.8, 4) is 0 Å². The third-order valence-corrected chi connectivity index (χ3v) is 5.76. The first-order chi connectivity index (χ1) is 10.3. The number of hydrogen-bond acceptors (Lipinski definition) is 4. The van der Waals surface area contributed by atoms with E-state index in [0.29, 0.717) is 12.0 Å². The van der Waals surface area contributed by atoms with Crippen LogP contribution in [-0.4, -0.2) is 62.3 Å². The summed E-state index contributed by atoms with van der Waals surface area (Å²) in [6.45, 7) is 0.327. The molecule has 0 N–H and O–H groups in total. The van der Waals surface area contributed by atoms with E-state index in [1.165, 1.54) is 11.0 Å². The van der Waals surface area contributed by atoms with Gasteiger partial charge in [-0.05, 0) is 19.5 Å². The Morgan fingerprint density at radius 1 is 1.32 bits per heavy atom. The van der Waals surface area contributed by atoms with Crippen LogP contribution in [0.15, 0.2) is 24.3 Å². The quantitative estimate of drug-likeness (QED) is 0.806. The van der Waals surface area contributed by atoms with Crippen molar-refractivity contribution in [2.24, 2.45) is 0 Å². The topological polar surface area (TPSA) is 57.7 Å². The summed E-state index contributed by atoms with van der Waals surface area (Å²) in [7, 11) is 0.403. The van der Waals surface area contributed by atoms with E-state index in [9.17, 15) is 17.6 Å². The van der Waals surface area contributed by atoms with Crippen molar-refractivity contribution >= 4 is 15.7 Å². The predicted octanol–water partition coefficient (Wildman–Crippen LogP) is 0.903. The Morgan fingerprint density at radius 2 is 2.00 bits per heavy atom. The van der Waals surface area contributed by atoms with Crippen molar-refractivity contribution in [3.63, 3.8) is 0 Å². The van der Waals surface area contributed by atoms with Gasteiger partial charge in [-0.25, -0.2) is 12.8 Å². The maximum atomic E-state index is 13.6. The first-order valence-corrected chi connectivity index (χ1v) is 8.98. The van der Waals surface area contributed by atoms with E-state index in [1.807, 2.05) is 0 Å². The summed E-state index contributed by atoms with van der Waals surface area (Å²) in [5.41, 5.74) is 0.462. The fourth-order valence-corrected chi connectivity index (χ4v) is 4.36. The predicted molar refractivity (Wildman–Crippen MR) is 82.6 cm³/mol. The third-order valence-electron chi connectivity index (χ3n) is 4.01. The molecule has 5 nitrogen and oxygen atoms in total. The van der Waals surface area contributed by atoms with E-state index in [1.54, 1.807) is 37.2 Å². The van der Waals surface area contributed by atoms with Gasteiger partial charge in [0.25, 0.3) is 0 Å². The molecule has 22 heavy (non-hydrogen) atoms. The first-order valence-electron chi connectivity index (χ1n) is 7.16. The zero-order valence-electron chi connectivity index (χ0n) is 12.8. The van der Waals surface area contributed by atoms with Gasteiger partial charge in [0.15, 0.2) is 9.84 Å². The third kappa shape index (κ3) is 4.27. The van der Waals surface area contributed by atoms with Gasteiger partial charge in [0.2, 0.25) is 5.91 Å². The van der Waals surface area contributed by atoms with Crippen molar-refractivity contribution < 1.29 is 17.6 Å². The van der Waals surface area contributed by atoms with Crippen LogP contribution in [0.2, 0.25) is 0 Å². The van der Waals surface area contributed by atoms with Crippen molar-refractivity contribution in [3.05, 3.63) is 35.6 Å². The summed E-state index contributed by atoms with van der Waals surface area (Å²) in [4.78, 5) is 15.4. The van der Waals surface area contributed by atoms with Crippen molar-refractivity contribution in [1.82, 2.24) is 9.80 Å². The molecule has 2 rings (SSSR count). The fourth-order valence-electron chi connectivity index (χ4n) is 2.56. The lowest BCUT2D eigenvalue weighted by molar-refractivity contribution is -0.131. The van der Waals surface area contributed by atoms with Crippen molar-refractivity contribution in [2.75, 3.05) is 32.1 Å². The smallest absolute Gasteiger partial charge is 0.236 e. The summed E-state index contributed by atoms with van der Waals surface area (Å²) in [6.07, 6.45) is 0.559. The van der Waals surface area contributed by atoms with Crippen LogP contribution in [0, 0.1) is 5.82 Å². The lowest BCUT2D eigenvalue weighted by atomic mass is 10.2. The first kappa shape index (κ1) is 16.9. The molecule has 1 aromatic rings. The average molecular weight is 328 g/mol. The lowest BCUT2D eigenvalue weighted by Gasteiger charge is -2.25. The maximum absolute atomic E-state index is 13.6. The molecule has 1 aromatic carbocycles. The Balaban J connectivity index is 1.90. The molecule has 0 radical (unpaired) electrons. The molecule has 1 amide bonds. The minimum atomic E-state index is -2.97. The molecule has 1 saturated heterocycles. The van der Waals surface area contributed by atoms with E-state index in [0.717, 1.165) is 0 Å². The zero-order chi connectivity index (χ0) is 16.3. The molecular formula is C15H21FN2O3S. The highest BCUT2D eigenvalue weighted by atomic mass is 32.2. The van der Waals surface area contributed by atoms with Crippen LogP contribution >= 0.6 is 0 Å². The summed E-state index contributed by atoms with van der Waals surface area (Å²) in [5.74, 6) is -0.206. The van der Waals surface area contributed by atoms with Crippen LogP contribution in [0.1, 0.15) is 12.0 Å². The van der Waals surface area contributed by atoms with Crippen LogP contribution in [0.3, 0.4) is 0 Å². The SMILES string of the molecule is CN(Cc1ccccc1F)C(=O)CN(C)C1CCS(=O)(=O)C1. The summed E-state index contributed by atoms with van der Waals surface area (Å²) < 4.78 is 36.6. The maximum Gasteiger partial charge on any atom is 0.236 e. The van der Waals surface area contributed by atoms with Gasteiger partial charge < -0.3 is 4.90 Å². The Bertz CT molecular complexity index is 648. The number of halogens is 1. The van der Waals surface area contributed by atoms with Crippen LogP contribution in [0.4, 0.5) is 4.39 Å². The Kier molecular flexibility index (Phi) is 5.18. The van der Waals surface area contributed by atoms with Crippen LogP contribution in [0.5, 0.6) is 0 Å². The van der Waals surface area contributed by atoms with Crippen LogP contribution in [-0.2, 0) is 21.2 Å². The minimum absolute atomic E-state index is 0.105. The highest BCUT2D eigenvalue weighted by molar-refractivity contribution is 7.91. The largest absolute Gasteiger partial charge is 0.340 e. The lowest BCUT2D eigenvalue weighted by Crippen LogP contribution is -2.41. The van der Waals surface area contributed by atoms with Gasteiger partial charge in [0, 0.05) is 25.2 Å². The van der Waals surface area contributed by atoms with E-state index in [2.05, 4.69) is 0 Å². The Hall–Kier alpha value is -1.47. The molecular weight excluding hydrogens is 307 g/mol. The molecule has 0 aromatic heterocycles. The van der Waals surface area contributed by atoms with Crippen molar-refractivity contribution in [1.29, 1.82) is 0 Å². The number of rotatable bonds is 5. The highest BCUT2D eigenvalue weighted by Crippen LogP contribution is 2.16. The van der Waals surface area contributed by atoms with Gasteiger partial charge in [-0.3, -0.25) is 9.69 Å². The van der Waals surface area contributed by atoms with Gasteiger partial charge in [0.05, 0.1) is 18.1 Å². The molecule has 1 atom stereocenters. The molecule has 0 spiro atoms. The van der Waals surface area contributed by atoms with Gasteiger partial charge in [-0.1, -0.05) is 18.2 Å². The number of carbonyl (C=O) groups is 1. The molecule has 1 heterocycles. The molecule has 1 unspecified atom stereocenters. The number of benzene rings is 1. The van der Waals surface area contributed by atoms with E-state index in [-0.39, 0.29) is 42.4 Å². The molecule has 1 aliphatic heterocycles. The molecule has 0 aliphatic carbocycles. The van der Waals surface area contributed by atoms with Crippen LogP contribution in [0.25, 0.3) is 0 Å². The van der Waals surface area contributed by atoms with E-state index < -0.39 is 9.84 Å². The number of hydrogen-bond donors (Lipinski definition) is 0. The number of carbonyl (C=O) groups excluding carboxylic acids is 1. The second kappa shape index (κ2) is 6.75. The second-order valence-electron chi connectivity index (χ2n) is 5.81. The van der Waals surface area contributed by atoms with Gasteiger partial charge in [0.1, 0.15) is 5.82 Å². The van der Waals surface area contributed by atoms with E-state index >= 15 is 0 Å². The number of sulfone groups is 1. The molecule has 7 heteroatoms. The van der Waals surface area contributed by atoms with Gasteiger partial charge in [-0.2, -0.15) is 0 Å². The van der Waals surface area contributed by atoms with Gasteiger partial charge >= 0.3 is 0 Å². The summed E-state index contributed by atoms with van der Waals surface area (Å²) in [5, 5.41) is 0. The Labute approximate surface area is 130 Å². The van der Waals surface area contributed by atoms with E-state index in [4.69, 9.17) is 0 Å². The number of likely N-dealkylation sites (N-methyl/N-ethyl adjacent to an activating group) is 2. The summed E-state index contributed by atoms with van der Waals surface area (Å²) in [6, 6.07) is 6.23. The molecule has 122 valence electrons. The molecule has 1 fully saturated rings. The highest BCUT2D eigenvalue weighted by Gasteiger charge is 2.31. The van der Waals surface area contributed by atoms with Crippen LogP contribution < -0.4 is 0 Å². The number of nitrogens with zero attached hydrogens (tertiary/aromatic N) is 2. The van der Waals surface area contributed by atoms with Gasteiger partial charge in [-0.15, -0.1) is 0 Å². The molecule has 1 aliphatic rings. The average Bonchev–Trinajstić information content (AvgIpc) is 2.81. The minimum Gasteiger partial charge on any atom is -0.340 e. The zero-order valence-corrected chi connectivity index (χ0v) is 13.6. The standard InChI is InChI=1S/C15H21FN2O3S/c1-17(13-7-8-22(20,21)11-13)10-15(19)18(2)9-12-5-3-4-6-14(12)16/h3-6,13H,7-11H2,1-2H3.